The molecule has 1 spiro atoms. The molecule has 0 atom stereocenters. The van der Waals surface area contributed by atoms with Crippen LogP contribution in [-0.2, 0) is 4.79 Å². The summed E-state index contributed by atoms with van der Waals surface area (Å²) in [6, 6.07) is 0. The van der Waals surface area contributed by atoms with E-state index in [0.29, 0.717) is 17.7 Å². The fourth-order valence-electron chi connectivity index (χ4n) is 3.39. The summed E-state index contributed by atoms with van der Waals surface area (Å²) in [4.78, 5) is 14.0. The van der Waals surface area contributed by atoms with Gasteiger partial charge >= 0.3 is 0 Å². The zero-order valence-corrected chi connectivity index (χ0v) is 11.1. The molecule has 2 aliphatic rings. The van der Waals surface area contributed by atoms with Crippen LogP contribution in [0.3, 0.4) is 0 Å². The molecule has 0 aromatic rings. The highest BCUT2D eigenvalue weighted by molar-refractivity contribution is 5.76. The van der Waals surface area contributed by atoms with Gasteiger partial charge in [-0.1, -0.05) is 19.8 Å². The number of amides is 1. The van der Waals surface area contributed by atoms with Crippen molar-refractivity contribution in [1.82, 2.24) is 10.2 Å². The molecule has 1 saturated heterocycles. The molecule has 1 aliphatic carbocycles. The van der Waals surface area contributed by atoms with E-state index < -0.39 is 0 Å². The minimum absolute atomic E-state index is 0.346. The second-order valence-corrected chi connectivity index (χ2v) is 5.69. The molecule has 0 aromatic carbocycles. The van der Waals surface area contributed by atoms with Gasteiger partial charge in [-0.2, -0.15) is 0 Å². The zero-order chi connectivity index (χ0) is 12.1. The molecule has 0 bridgehead atoms. The van der Waals surface area contributed by atoms with Crippen LogP contribution in [0, 0.1) is 5.41 Å². The van der Waals surface area contributed by atoms with Gasteiger partial charge in [-0.25, -0.2) is 0 Å². The number of nitrogens with one attached hydrogen (secondary N) is 1. The first-order valence-corrected chi connectivity index (χ1v) is 7.24. The largest absolute Gasteiger partial charge is 0.343 e. The normalized spacial score (nSPS) is 23.2. The van der Waals surface area contributed by atoms with E-state index in [1.165, 1.54) is 38.5 Å². The predicted molar refractivity (Wildman–Crippen MR) is 69.9 cm³/mol. The number of hydrogen-bond donors (Lipinski definition) is 1. The SMILES string of the molecule is CCNCCC(=O)N1CCC2(CCCC2)CC1. The Morgan fingerprint density at radius 3 is 2.41 bits per heavy atom. The van der Waals surface area contributed by atoms with Gasteiger partial charge in [0.2, 0.25) is 5.91 Å². The van der Waals surface area contributed by atoms with Crippen LogP contribution in [0.1, 0.15) is 51.9 Å². The third-order valence-corrected chi connectivity index (χ3v) is 4.61. The number of piperidine rings is 1. The Hall–Kier alpha value is -0.570. The van der Waals surface area contributed by atoms with E-state index in [2.05, 4.69) is 17.1 Å². The van der Waals surface area contributed by atoms with Crippen LogP contribution in [-0.4, -0.2) is 37.0 Å². The molecule has 0 unspecified atom stereocenters. The molecule has 1 N–H and O–H groups in total. The Labute approximate surface area is 105 Å². The van der Waals surface area contributed by atoms with Gasteiger partial charge in [0.25, 0.3) is 0 Å². The van der Waals surface area contributed by atoms with Gasteiger partial charge in [-0.05, 0) is 37.6 Å². The summed E-state index contributed by atoms with van der Waals surface area (Å²) >= 11 is 0. The van der Waals surface area contributed by atoms with Gasteiger partial charge in [-0.3, -0.25) is 4.79 Å². The maximum Gasteiger partial charge on any atom is 0.223 e. The lowest BCUT2D eigenvalue weighted by molar-refractivity contribution is -0.133. The van der Waals surface area contributed by atoms with Gasteiger partial charge in [0.15, 0.2) is 0 Å². The van der Waals surface area contributed by atoms with Crippen molar-refractivity contribution in [3.05, 3.63) is 0 Å². The summed E-state index contributed by atoms with van der Waals surface area (Å²) in [7, 11) is 0. The highest BCUT2D eigenvalue weighted by atomic mass is 16.2. The van der Waals surface area contributed by atoms with E-state index in [1.807, 2.05) is 0 Å². The van der Waals surface area contributed by atoms with E-state index in [0.717, 1.165) is 26.2 Å². The van der Waals surface area contributed by atoms with Gasteiger partial charge in [0, 0.05) is 26.1 Å². The Morgan fingerprint density at radius 1 is 1.18 bits per heavy atom. The molecule has 1 amide bonds. The highest BCUT2D eigenvalue weighted by Gasteiger charge is 2.37. The average molecular weight is 238 g/mol. The van der Waals surface area contributed by atoms with Crippen molar-refractivity contribution < 1.29 is 4.79 Å². The maximum absolute atomic E-state index is 12.0. The quantitative estimate of drug-likeness (QED) is 0.761. The van der Waals surface area contributed by atoms with Crippen molar-refractivity contribution >= 4 is 5.91 Å². The molecule has 1 saturated carbocycles. The molecule has 98 valence electrons. The Balaban J connectivity index is 1.72. The minimum atomic E-state index is 0.346. The van der Waals surface area contributed by atoms with Crippen LogP contribution < -0.4 is 5.32 Å². The first-order chi connectivity index (χ1) is 8.26. The van der Waals surface area contributed by atoms with Crippen molar-refractivity contribution in [2.24, 2.45) is 5.41 Å². The molecular formula is C14H26N2O. The van der Waals surface area contributed by atoms with E-state index in [1.54, 1.807) is 0 Å². The highest BCUT2D eigenvalue weighted by Crippen LogP contribution is 2.46. The summed E-state index contributed by atoms with van der Waals surface area (Å²) < 4.78 is 0. The topological polar surface area (TPSA) is 32.3 Å². The molecule has 0 radical (unpaired) electrons. The molecule has 1 aliphatic heterocycles. The van der Waals surface area contributed by atoms with E-state index in [4.69, 9.17) is 0 Å². The molecule has 1 heterocycles. The minimum Gasteiger partial charge on any atom is -0.343 e. The standard InChI is InChI=1S/C14H26N2O/c1-2-15-10-5-13(17)16-11-8-14(9-12-16)6-3-4-7-14/h15H,2-12H2,1H3. The van der Waals surface area contributed by atoms with Crippen molar-refractivity contribution in [1.29, 1.82) is 0 Å². The van der Waals surface area contributed by atoms with Crippen LogP contribution >= 0.6 is 0 Å². The zero-order valence-electron chi connectivity index (χ0n) is 11.1. The van der Waals surface area contributed by atoms with Crippen LogP contribution in [0.25, 0.3) is 0 Å². The molecule has 3 nitrogen and oxygen atoms in total. The maximum atomic E-state index is 12.0. The van der Waals surface area contributed by atoms with Crippen molar-refractivity contribution in [3.63, 3.8) is 0 Å². The first kappa shape index (κ1) is 12.9. The Morgan fingerprint density at radius 2 is 1.82 bits per heavy atom. The third kappa shape index (κ3) is 3.21. The van der Waals surface area contributed by atoms with Crippen LogP contribution in [0.15, 0.2) is 0 Å². The van der Waals surface area contributed by atoms with E-state index in [-0.39, 0.29) is 0 Å². The molecule has 2 fully saturated rings. The fourth-order valence-corrected chi connectivity index (χ4v) is 3.39. The fraction of sp³-hybridized carbons (Fsp3) is 0.929. The van der Waals surface area contributed by atoms with Crippen molar-refractivity contribution in [3.8, 4) is 0 Å². The summed E-state index contributed by atoms with van der Waals surface area (Å²) in [5, 5.41) is 3.22. The third-order valence-electron chi connectivity index (χ3n) is 4.61. The molecule has 17 heavy (non-hydrogen) atoms. The predicted octanol–water partition coefficient (Wildman–Crippen LogP) is 2.17. The number of carbonyl (C=O) groups excluding carboxylic acids is 1. The number of rotatable bonds is 4. The molecular weight excluding hydrogens is 212 g/mol. The number of hydrogen-bond acceptors (Lipinski definition) is 2. The summed E-state index contributed by atoms with van der Waals surface area (Å²) in [6.45, 7) is 5.87. The first-order valence-electron chi connectivity index (χ1n) is 7.24. The lowest BCUT2D eigenvalue weighted by atomic mass is 9.77. The van der Waals surface area contributed by atoms with Crippen LogP contribution in [0.5, 0.6) is 0 Å². The molecule has 0 aromatic heterocycles. The lowest BCUT2D eigenvalue weighted by Gasteiger charge is -2.39. The van der Waals surface area contributed by atoms with Gasteiger partial charge in [0.1, 0.15) is 0 Å². The van der Waals surface area contributed by atoms with Crippen molar-refractivity contribution in [2.75, 3.05) is 26.2 Å². The Kier molecular flexibility index (Phi) is 4.43. The Bertz CT molecular complexity index is 249. The average Bonchev–Trinajstić information content (AvgIpc) is 2.79. The summed E-state index contributed by atoms with van der Waals surface area (Å²) in [5.41, 5.74) is 0.623. The van der Waals surface area contributed by atoms with Crippen LogP contribution in [0.2, 0.25) is 0 Å². The number of nitrogens with zero attached hydrogens (tertiary/aromatic N) is 1. The second-order valence-electron chi connectivity index (χ2n) is 5.69. The lowest BCUT2D eigenvalue weighted by Crippen LogP contribution is -2.43. The summed E-state index contributed by atoms with van der Waals surface area (Å²) in [6.07, 6.45) is 8.81. The van der Waals surface area contributed by atoms with Gasteiger partial charge < -0.3 is 10.2 Å². The number of carbonyl (C=O) groups is 1. The summed E-state index contributed by atoms with van der Waals surface area (Å²) in [5.74, 6) is 0.346. The second kappa shape index (κ2) is 5.85. The van der Waals surface area contributed by atoms with Gasteiger partial charge in [-0.15, -0.1) is 0 Å². The monoisotopic (exact) mass is 238 g/mol. The van der Waals surface area contributed by atoms with Crippen molar-refractivity contribution in [2.45, 2.75) is 51.9 Å². The van der Waals surface area contributed by atoms with Crippen LogP contribution in [0.4, 0.5) is 0 Å². The molecule has 2 rings (SSSR count). The van der Waals surface area contributed by atoms with E-state index in [9.17, 15) is 4.79 Å². The molecule has 3 heteroatoms. The van der Waals surface area contributed by atoms with Gasteiger partial charge in [0.05, 0.1) is 0 Å². The number of likely N-dealkylation sites (tertiary alicyclic amines) is 1. The van der Waals surface area contributed by atoms with E-state index >= 15 is 0 Å². The smallest absolute Gasteiger partial charge is 0.223 e.